The number of anilines is 2. The Labute approximate surface area is 173 Å². The van der Waals surface area contributed by atoms with Crippen LogP contribution in [0.25, 0.3) is 0 Å². The van der Waals surface area contributed by atoms with E-state index in [1.807, 2.05) is 49.6 Å². The number of carbonyl (C=O) groups excluding carboxylic acids is 2. The van der Waals surface area contributed by atoms with Crippen LogP contribution in [-0.2, 0) is 16.1 Å². The van der Waals surface area contributed by atoms with Gasteiger partial charge in [-0.2, -0.15) is 0 Å². The van der Waals surface area contributed by atoms with E-state index < -0.39 is 12.0 Å². The van der Waals surface area contributed by atoms with Crippen molar-refractivity contribution in [1.29, 1.82) is 0 Å². The number of nitrogens with one attached hydrogen (secondary N) is 2. The van der Waals surface area contributed by atoms with Crippen molar-refractivity contribution < 1.29 is 14.3 Å². The summed E-state index contributed by atoms with van der Waals surface area (Å²) in [5.74, 6) is -0.816. The number of rotatable bonds is 7. The zero-order valence-corrected chi connectivity index (χ0v) is 17.4. The molecular formula is C22H23N3O3S. The molecule has 3 rings (SSSR count). The van der Waals surface area contributed by atoms with Gasteiger partial charge < -0.3 is 15.4 Å². The molecular weight excluding hydrogens is 386 g/mol. The van der Waals surface area contributed by atoms with Crippen LogP contribution in [0.3, 0.4) is 0 Å². The average molecular weight is 410 g/mol. The van der Waals surface area contributed by atoms with E-state index in [2.05, 4.69) is 15.6 Å². The number of aryl methyl sites for hydroxylation is 2. The van der Waals surface area contributed by atoms with E-state index in [4.69, 9.17) is 4.74 Å². The lowest BCUT2D eigenvalue weighted by Gasteiger charge is -2.13. The summed E-state index contributed by atoms with van der Waals surface area (Å²) in [7, 11) is 0. The Bertz CT molecular complexity index is 999. The molecule has 0 aliphatic rings. The van der Waals surface area contributed by atoms with Gasteiger partial charge >= 0.3 is 5.97 Å². The van der Waals surface area contributed by atoms with E-state index in [9.17, 15) is 9.59 Å². The lowest BCUT2D eigenvalue weighted by Crippen LogP contribution is -2.39. The molecule has 0 saturated heterocycles. The standard InChI is InChI=1S/C22H23N3O3S/c1-14-7-9-18(10-8-14)24-22-25-19(13-29-22)12-28-21(27)16(3)23-20(26)17-6-4-5-15(2)11-17/h4-11,13,16H,12H2,1-3H3,(H,23,26)(H,24,25)/t16-/m0/s1. The average Bonchev–Trinajstić information content (AvgIpc) is 3.15. The molecule has 0 bridgehead atoms. The second-order valence-corrected chi connectivity index (χ2v) is 7.67. The minimum Gasteiger partial charge on any atom is -0.458 e. The highest BCUT2D eigenvalue weighted by molar-refractivity contribution is 7.13. The third-order valence-electron chi connectivity index (χ3n) is 4.20. The molecule has 1 amide bonds. The maximum absolute atomic E-state index is 12.2. The highest BCUT2D eigenvalue weighted by Crippen LogP contribution is 2.21. The number of amides is 1. The van der Waals surface area contributed by atoms with E-state index in [1.54, 1.807) is 25.1 Å². The number of carbonyl (C=O) groups is 2. The van der Waals surface area contributed by atoms with Crippen LogP contribution in [0, 0.1) is 13.8 Å². The zero-order valence-electron chi connectivity index (χ0n) is 16.6. The van der Waals surface area contributed by atoms with E-state index in [1.165, 1.54) is 16.9 Å². The molecule has 0 aliphatic carbocycles. The Morgan fingerprint density at radius 3 is 2.59 bits per heavy atom. The molecule has 1 aromatic heterocycles. The van der Waals surface area contributed by atoms with Crippen molar-refractivity contribution in [3.63, 3.8) is 0 Å². The predicted molar refractivity (Wildman–Crippen MR) is 114 cm³/mol. The fourth-order valence-electron chi connectivity index (χ4n) is 2.59. The second kappa shape index (κ2) is 9.34. The van der Waals surface area contributed by atoms with Gasteiger partial charge in [0.15, 0.2) is 5.13 Å². The van der Waals surface area contributed by atoms with Gasteiger partial charge in [-0.05, 0) is 45.0 Å². The maximum atomic E-state index is 12.2. The summed E-state index contributed by atoms with van der Waals surface area (Å²) >= 11 is 1.43. The van der Waals surface area contributed by atoms with Crippen LogP contribution >= 0.6 is 11.3 Å². The van der Waals surface area contributed by atoms with Crippen molar-refractivity contribution >= 4 is 34.0 Å². The smallest absolute Gasteiger partial charge is 0.328 e. The van der Waals surface area contributed by atoms with Crippen molar-refractivity contribution in [2.75, 3.05) is 5.32 Å². The van der Waals surface area contributed by atoms with Gasteiger partial charge in [0.1, 0.15) is 12.6 Å². The van der Waals surface area contributed by atoms with Crippen molar-refractivity contribution in [2.45, 2.75) is 33.4 Å². The predicted octanol–water partition coefficient (Wildman–Crippen LogP) is 4.37. The first-order chi connectivity index (χ1) is 13.9. The molecule has 0 radical (unpaired) electrons. The topological polar surface area (TPSA) is 80.3 Å². The zero-order chi connectivity index (χ0) is 20.8. The third kappa shape index (κ3) is 5.89. The summed E-state index contributed by atoms with van der Waals surface area (Å²) < 4.78 is 5.29. The highest BCUT2D eigenvalue weighted by Gasteiger charge is 2.18. The van der Waals surface area contributed by atoms with Gasteiger partial charge in [-0.15, -0.1) is 11.3 Å². The van der Waals surface area contributed by atoms with Gasteiger partial charge in [0.2, 0.25) is 0 Å². The van der Waals surface area contributed by atoms with Gasteiger partial charge in [-0.25, -0.2) is 9.78 Å². The lowest BCUT2D eigenvalue weighted by molar-refractivity contribution is -0.146. The Hall–Kier alpha value is -3.19. The molecule has 3 aromatic rings. The Balaban J connectivity index is 1.49. The summed E-state index contributed by atoms with van der Waals surface area (Å²) in [5, 5.41) is 8.43. The van der Waals surface area contributed by atoms with Gasteiger partial charge in [0.05, 0.1) is 5.69 Å². The Morgan fingerprint density at radius 1 is 1.10 bits per heavy atom. The summed E-state index contributed by atoms with van der Waals surface area (Å²) in [6, 6.07) is 14.4. The largest absolute Gasteiger partial charge is 0.458 e. The van der Waals surface area contributed by atoms with Crippen LogP contribution < -0.4 is 10.6 Å². The molecule has 0 saturated carbocycles. The first kappa shape index (κ1) is 20.5. The second-order valence-electron chi connectivity index (χ2n) is 6.81. The molecule has 2 aromatic carbocycles. The molecule has 0 unspecified atom stereocenters. The van der Waals surface area contributed by atoms with Crippen molar-refractivity contribution in [2.24, 2.45) is 0 Å². The number of ether oxygens (including phenoxy) is 1. The molecule has 0 fully saturated rings. The van der Waals surface area contributed by atoms with Gasteiger partial charge in [-0.3, -0.25) is 4.79 Å². The summed E-state index contributed by atoms with van der Waals surface area (Å²) in [4.78, 5) is 28.9. The van der Waals surface area contributed by atoms with Crippen LogP contribution in [0.4, 0.5) is 10.8 Å². The van der Waals surface area contributed by atoms with E-state index in [0.29, 0.717) is 11.3 Å². The Kier molecular flexibility index (Phi) is 6.61. The molecule has 2 N–H and O–H groups in total. The van der Waals surface area contributed by atoms with Crippen molar-refractivity contribution in [3.05, 3.63) is 76.3 Å². The molecule has 29 heavy (non-hydrogen) atoms. The molecule has 1 heterocycles. The lowest BCUT2D eigenvalue weighted by atomic mass is 10.1. The number of thiazole rings is 1. The van der Waals surface area contributed by atoms with Gasteiger partial charge in [-0.1, -0.05) is 35.4 Å². The van der Waals surface area contributed by atoms with Crippen molar-refractivity contribution in [3.8, 4) is 0 Å². The first-order valence-electron chi connectivity index (χ1n) is 9.23. The van der Waals surface area contributed by atoms with Crippen LogP contribution in [0.1, 0.15) is 34.1 Å². The van der Waals surface area contributed by atoms with E-state index in [0.717, 1.165) is 16.4 Å². The fraction of sp³-hybridized carbons (Fsp3) is 0.227. The maximum Gasteiger partial charge on any atom is 0.328 e. The number of hydrogen-bond acceptors (Lipinski definition) is 6. The van der Waals surface area contributed by atoms with Crippen molar-refractivity contribution in [1.82, 2.24) is 10.3 Å². The van der Waals surface area contributed by atoms with E-state index >= 15 is 0 Å². The van der Waals surface area contributed by atoms with Gasteiger partial charge in [0.25, 0.3) is 5.91 Å². The molecule has 1 atom stereocenters. The SMILES string of the molecule is Cc1ccc(Nc2nc(COC(=O)[C@H](C)NC(=O)c3cccc(C)c3)cs2)cc1. The normalized spacial score (nSPS) is 11.6. The molecule has 0 aliphatic heterocycles. The van der Waals surface area contributed by atoms with Crippen LogP contribution in [0.5, 0.6) is 0 Å². The van der Waals surface area contributed by atoms with Crippen LogP contribution in [0.2, 0.25) is 0 Å². The summed E-state index contributed by atoms with van der Waals surface area (Å²) in [6.07, 6.45) is 0. The minimum absolute atomic E-state index is 0.0512. The number of aromatic nitrogens is 1. The molecule has 7 heteroatoms. The summed E-state index contributed by atoms with van der Waals surface area (Å²) in [6.45, 7) is 5.59. The number of benzene rings is 2. The molecule has 150 valence electrons. The van der Waals surface area contributed by atoms with Gasteiger partial charge in [0, 0.05) is 16.6 Å². The molecule has 6 nitrogen and oxygen atoms in total. The Morgan fingerprint density at radius 2 is 1.86 bits per heavy atom. The first-order valence-corrected chi connectivity index (χ1v) is 10.1. The quantitative estimate of drug-likeness (QED) is 0.567. The number of esters is 1. The van der Waals surface area contributed by atoms with E-state index in [-0.39, 0.29) is 12.5 Å². The minimum atomic E-state index is -0.758. The monoisotopic (exact) mass is 409 g/mol. The fourth-order valence-corrected chi connectivity index (χ4v) is 3.30. The number of nitrogens with zero attached hydrogens (tertiary/aromatic N) is 1. The molecule has 0 spiro atoms. The summed E-state index contributed by atoms with van der Waals surface area (Å²) in [5.41, 5.74) is 4.27. The van der Waals surface area contributed by atoms with Crippen LogP contribution in [0.15, 0.2) is 53.9 Å². The highest BCUT2D eigenvalue weighted by atomic mass is 32.1. The van der Waals surface area contributed by atoms with Crippen LogP contribution in [-0.4, -0.2) is 22.9 Å². The number of hydrogen-bond donors (Lipinski definition) is 2. The third-order valence-corrected chi connectivity index (χ3v) is 5.00.